The first-order valence-corrected chi connectivity index (χ1v) is 8.83. The highest BCUT2D eigenvalue weighted by molar-refractivity contribution is 6.16. The van der Waals surface area contributed by atoms with Gasteiger partial charge in [0.15, 0.2) is 11.3 Å². The van der Waals surface area contributed by atoms with E-state index in [-0.39, 0.29) is 50.4 Å². The molecule has 0 amide bonds. The smallest absolute Gasteiger partial charge is 0.387 e. The van der Waals surface area contributed by atoms with Crippen LogP contribution in [-0.4, -0.2) is 32.6 Å². The molecule has 3 aromatic carbocycles. The minimum Gasteiger partial charge on any atom is -0.508 e. The first-order chi connectivity index (χ1) is 15.6. The number of hydrogen-bond donors (Lipinski definition) is 2. The number of nitro benzene ring substituents is 2. The number of phenols is 1. The van der Waals surface area contributed by atoms with Gasteiger partial charge in [0.05, 0.1) is 15.4 Å². The highest BCUT2D eigenvalue weighted by Crippen LogP contribution is 2.39. The summed E-state index contributed by atoms with van der Waals surface area (Å²) >= 11 is 0. The summed E-state index contributed by atoms with van der Waals surface area (Å²) in [5.41, 5.74) is -0.616. The molecule has 0 unspecified atom stereocenters. The third-order valence-electron chi connectivity index (χ3n) is 4.28. The largest absolute Gasteiger partial charge is 0.508 e. The number of furan rings is 1. The highest BCUT2D eigenvalue weighted by atomic mass is 19.3. The first-order valence-electron chi connectivity index (χ1n) is 8.83. The Morgan fingerprint density at radius 2 is 1.58 bits per heavy atom. The van der Waals surface area contributed by atoms with Crippen molar-refractivity contribution in [3.8, 4) is 11.5 Å². The molecule has 33 heavy (non-hydrogen) atoms. The number of hydrogen-bond acceptors (Lipinski definition) is 8. The number of carboxylic acids is 1. The number of aromatic carboxylic acids is 1. The van der Waals surface area contributed by atoms with Crippen LogP contribution in [-0.2, 0) is 0 Å². The molecule has 0 saturated carbocycles. The average molecular weight is 462 g/mol. The number of nitrogens with zero attached hydrogens (tertiary/aromatic N) is 2. The summed E-state index contributed by atoms with van der Waals surface area (Å²) in [5, 5.41) is 39.0. The summed E-state index contributed by atoms with van der Waals surface area (Å²) in [7, 11) is 0. The fourth-order valence-corrected chi connectivity index (χ4v) is 2.90. The molecule has 4 aromatic rings. The lowest BCUT2D eigenvalue weighted by molar-refractivity contribution is -0.385. The topological polar surface area (TPSA) is 166 Å². The van der Waals surface area contributed by atoms with Crippen LogP contribution >= 0.6 is 0 Å². The first kappa shape index (κ1) is 22.9. The van der Waals surface area contributed by atoms with Crippen molar-refractivity contribution >= 4 is 39.3 Å². The highest BCUT2D eigenvalue weighted by Gasteiger charge is 2.22. The van der Waals surface area contributed by atoms with Crippen LogP contribution in [0.1, 0.15) is 10.4 Å². The van der Waals surface area contributed by atoms with Gasteiger partial charge in [-0.3, -0.25) is 20.2 Å². The zero-order chi connectivity index (χ0) is 24.3. The van der Waals surface area contributed by atoms with Crippen molar-refractivity contribution in [2.75, 3.05) is 0 Å². The van der Waals surface area contributed by atoms with Crippen LogP contribution in [0.15, 0.2) is 59.0 Å². The number of phenolic OH excluding ortho intramolecular Hbond substituents is 1. The van der Waals surface area contributed by atoms with Crippen molar-refractivity contribution in [1.82, 2.24) is 0 Å². The Labute approximate surface area is 181 Å². The van der Waals surface area contributed by atoms with E-state index in [0.717, 1.165) is 18.2 Å². The number of non-ortho nitro benzene ring substituents is 2. The van der Waals surface area contributed by atoms with E-state index in [2.05, 4.69) is 4.74 Å². The van der Waals surface area contributed by atoms with Crippen molar-refractivity contribution in [3.05, 3.63) is 80.4 Å². The molecule has 0 fully saturated rings. The number of benzene rings is 3. The number of carboxylic acid groups (broad SMARTS) is 1. The molecule has 0 saturated heterocycles. The van der Waals surface area contributed by atoms with Crippen molar-refractivity contribution in [1.29, 1.82) is 0 Å². The monoisotopic (exact) mass is 462 g/mol. The van der Waals surface area contributed by atoms with Gasteiger partial charge in [0, 0.05) is 35.0 Å². The van der Waals surface area contributed by atoms with E-state index in [1.54, 1.807) is 0 Å². The van der Waals surface area contributed by atoms with E-state index in [0.29, 0.717) is 0 Å². The van der Waals surface area contributed by atoms with Crippen LogP contribution in [0.3, 0.4) is 0 Å². The van der Waals surface area contributed by atoms with Gasteiger partial charge in [0.2, 0.25) is 0 Å². The van der Waals surface area contributed by atoms with Gasteiger partial charge in [0.1, 0.15) is 11.3 Å². The minimum absolute atomic E-state index is 0.0159. The molecule has 1 heterocycles. The summed E-state index contributed by atoms with van der Waals surface area (Å²) in [6, 6.07) is 10.7. The standard InChI is InChI=1S/C14H7F2NO6.C6H5NO3/c15-14(16)23-10-4-2-7(13(18)19)11-8-5-6(17(20)21)1-3-9(8)22-12(10)11;8-6-3-1-5(2-4-6)7(9)10/h1-5,14H,(H,18,19);1-4,8H. The minimum atomic E-state index is -3.13. The third kappa shape index (κ3) is 4.92. The molecule has 1 aromatic heterocycles. The van der Waals surface area contributed by atoms with E-state index in [9.17, 15) is 38.9 Å². The summed E-state index contributed by atoms with van der Waals surface area (Å²) in [6.07, 6.45) is 0. The fraction of sp³-hybridized carbons (Fsp3) is 0.0500. The second-order valence-corrected chi connectivity index (χ2v) is 6.31. The summed E-state index contributed by atoms with van der Waals surface area (Å²) < 4.78 is 34.6. The molecule has 0 radical (unpaired) electrons. The van der Waals surface area contributed by atoms with E-state index >= 15 is 0 Å². The fourth-order valence-electron chi connectivity index (χ4n) is 2.90. The lowest BCUT2D eigenvalue weighted by atomic mass is 10.1. The number of ether oxygens (including phenoxy) is 1. The van der Waals surface area contributed by atoms with Crippen molar-refractivity contribution in [2.45, 2.75) is 6.61 Å². The van der Waals surface area contributed by atoms with E-state index < -0.39 is 22.4 Å². The van der Waals surface area contributed by atoms with E-state index in [1.165, 1.54) is 36.4 Å². The number of halogens is 2. The number of rotatable bonds is 5. The molecule has 0 aliphatic heterocycles. The zero-order valence-corrected chi connectivity index (χ0v) is 16.2. The quantitative estimate of drug-likeness (QED) is 0.303. The van der Waals surface area contributed by atoms with Gasteiger partial charge in [-0.15, -0.1) is 0 Å². The maximum Gasteiger partial charge on any atom is 0.387 e. The molecule has 0 atom stereocenters. The lowest BCUT2D eigenvalue weighted by Gasteiger charge is -2.06. The SMILES string of the molecule is O=C(O)c1ccc(OC(F)F)c2oc3ccc([N+](=O)[O-])cc3c12.O=[N+]([O-])c1ccc(O)cc1. The average Bonchev–Trinajstić information content (AvgIpc) is 3.13. The molecule has 0 bridgehead atoms. The molecule has 11 nitrogen and oxygen atoms in total. The Morgan fingerprint density at radius 1 is 0.970 bits per heavy atom. The second-order valence-electron chi connectivity index (χ2n) is 6.31. The van der Waals surface area contributed by atoms with Crippen molar-refractivity contribution < 1.29 is 42.8 Å². The van der Waals surface area contributed by atoms with Crippen LogP contribution in [0.4, 0.5) is 20.2 Å². The van der Waals surface area contributed by atoms with E-state index in [4.69, 9.17) is 9.52 Å². The molecule has 0 spiro atoms. The molecule has 13 heteroatoms. The summed E-state index contributed by atoms with van der Waals surface area (Å²) in [4.78, 5) is 31.1. The summed E-state index contributed by atoms with van der Waals surface area (Å²) in [6.45, 7) is -3.13. The number of nitro groups is 2. The number of alkyl halides is 2. The molecule has 0 aliphatic carbocycles. The predicted molar refractivity (Wildman–Crippen MR) is 109 cm³/mol. The lowest BCUT2D eigenvalue weighted by Crippen LogP contribution is -2.03. The van der Waals surface area contributed by atoms with Crippen molar-refractivity contribution in [3.63, 3.8) is 0 Å². The number of fused-ring (bicyclic) bond motifs is 3. The zero-order valence-electron chi connectivity index (χ0n) is 16.2. The van der Waals surface area contributed by atoms with Crippen LogP contribution in [0, 0.1) is 20.2 Å². The third-order valence-corrected chi connectivity index (χ3v) is 4.28. The Hall–Kier alpha value is -4.81. The Bertz CT molecular complexity index is 1370. The van der Waals surface area contributed by atoms with Crippen LogP contribution in [0.5, 0.6) is 11.5 Å². The molecule has 170 valence electrons. The molecular formula is C20H12F2N2O9. The van der Waals surface area contributed by atoms with Gasteiger partial charge in [-0.1, -0.05) is 0 Å². The van der Waals surface area contributed by atoms with Crippen LogP contribution in [0.2, 0.25) is 0 Å². The number of carbonyl (C=O) groups is 1. The van der Waals surface area contributed by atoms with Crippen molar-refractivity contribution in [2.24, 2.45) is 0 Å². The maximum atomic E-state index is 12.5. The van der Waals surface area contributed by atoms with Gasteiger partial charge in [0.25, 0.3) is 11.4 Å². The van der Waals surface area contributed by atoms with Crippen LogP contribution < -0.4 is 4.74 Å². The van der Waals surface area contributed by atoms with Gasteiger partial charge < -0.3 is 19.4 Å². The molecule has 2 N–H and O–H groups in total. The normalized spacial score (nSPS) is 10.6. The maximum absolute atomic E-state index is 12.5. The van der Waals surface area contributed by atoms with Gasteiger partial charge >= 0.3 is 12.6 Å². The Morgan fingerprint density at radius 3 is 2.12 bits per heavy atom. The summed E-state index contributed by atoms with van der Waals surface area (Å²) in [5.74, 6) is -1.64. The number of aromatic hydroxyl groups is 1. The van der Waals surface area contributed by atoms with Crippen LogP contribution in [0.25, 0.3) is 21.9 Å². The van der Waals surface area contributed by atoms with Gasteiger partial charge in [-0.2, -0.15) is 8.78 Å². The Kier molecular flexibility index (Phi) is 6.33. The van der Waals surface area contributed by atoms with Gasteiger partial charge in [-0.25, -0.2) is 4.79 Å². The molecule has 0 aliphatic rings. The second kappa shape index (κ2) is 9.13. The van der Waals surface area contributed by atoms with E-state index in [1.807, 2.05) is 0 Å². The molecular weight excluding hydrogens is 450 g/mol. The molecule has 4 rings (SSSR count). The predicted octanol–water partition coefficient (Wildman–Crippen LogP) is 5.09. The Balaban J connectivity index is 0.000000257. The van der Waals surface area contributed by atoms with Gasteiger partial charge in [-0.05, 0) is 30.3 Å².